The van der Waals surface area contributed by atoms with Gasteiger partial charge in [-0.15, -0.1) is 0 Å². The van der Waals surface area contributed by atoms with Gasteiger partial charge in [0, 0.05) is 13.0 Å². The Labute approximate surface area is 112 Å². The van der Waals surface area contributed by atoms with Crippen LogP contribution in [0.4, 0.5) is 0 Å². The molecule has 0 fully saturated rings. The third-order valence-corrected chi connectivity index (χ3v) is 2.70. The third-order valence-electron chi connectivity index (χ3n) is 2.70. The number of hydrogen-bond donors (Lipinski definition) is 1. The van der Waals surface area contributed by atoms with E-state index in [4.69, 9.17) is 4.74 Å². The van der Waals surface area contributed by atoms with E-state index < -0.39 is 0 Å². The van der Waals surface area contributed by atoms with E-state index >= 15 is 0 Å². The van der Waals surface area contributed by atoms with Crippen molar-refractivity contribution in [1.29, 1.82) is 0 Å². The van der Waals surface area contributed by atoms with E-state index in [1.807, 2.05) is 12.1 Å². The smallest absolute Gasteiger partial charge is 0.338 e. The van der Waals surface area contributed by atoms with Gasteiger partial charge >= 0.3 is 11.9 Å². The molecule has 0 aliphatic heterocycles. The summed E-state index contributed by atoms with van der Waals surface area (Å²) >= 11 is 0. The molecule has 0 unspecified atom stereocenters. The molecule has 19 heavy (non-hydrogen) atoms. The van der Waals surface area contributed by atoms with E-state index in [1.54, 1.807) is 12.1 Å². The number of nitrogens with one attached hydrogen (secondary N) is 1. The van der Waals surface area contributed by atoms with Gasteiger partial charge in [0.05, 0.1) is 19.8 Å². The summed E-state index contributed by atoms with van der Waals surface area (Å²) in [5.74, 6) is -0.552. The summed E-state index contributed by atoms with van der Waals surface area (Å²) in [4.78, 5) is 22.5. The van der Waals surface area contributed by atoms with E-state index in [-0.39, 0.29) is 11.9 Å². The van der Waals surface area contributed by atoms with Crippen LogP contribution in [0.1, 0.15) is 28.8 Å². The minimum atomic E-state index is -0.341. The van der Waals surface area contributed by atoms with E-state index in [9.17, 15) is 9.59 Å². The molecule has 0 atom stereocenters. The summed E-state index contributed by atoms with van der Waals surface area (Å²) in [5, 5.41) is 3.18. The maximum absolute atomic E-state index is 11.5. The van der Waals surface area contributed by atoms with Gasteiger partial charge in [0.1, 0.15) is 0 Å². The SMILES string of the molecule is COC(=O)CCCNCc1ccccc1C(=O)OC. The summed E-state index contributed by atoms with van der Waals surface area (Å²) < 4.78 is 9.27. The summed E-state index contributed by atoms with van der Waals surface area (Å²) in [6, 6.07) is 7.28. The molecule has 0 amide bonds. The second kappa shape index (κ2) is 8.26. The molecular weight excluding hydrogens is 246 g/mol. The number of benzene rings is 1. The zero-order chi connectivity index (χ0) is 14.1. The fourth-order valence-electron chi connectivity index (χ4n) is 1.67. The van der Waals surface area contributed by atoms with Gasteiger partial charge in [-0.3, -0.25) is 4.79 Å². The van der Waals surface area contributed by atoms with E-state index in [2.05, 4.69) is 10.1 Å². The first kappa shape index (κ1) is 15.2. The maximum atomic E-state index is 11.5. The molecule has 1 aromatic carbocycles. The summed E-state index contributed by atoms with van der Waals surface area (Å²) in [6.45, 7) is 1.25. The Kier molecular flexibility index (Phi) is 6.60. The largest absolute Gasteiger partial charge is 0.469 e. The van der Waals surface area contributed by atoms with Crippen LogP contribution in [0.2, 0.25) is 0 Å². The third kappa shape index (κ3) is 5.09. The fraction of sp³-hybridized carbons (Fsp3) is 0.429. The van der Waals surface area contributed by atoms with Gasteiger partial charge in [0.15, 0.2) is 0 Å². The first-order chi connectivity index (χ1) is 9.19. The van der Waals surface area contributed by atoms with Gasteiger partial charge in [0.2, 0.25) is 0 Å². The molecule has 1 aromatic rings. The number of hydrogen-bond acceptors (Lipinski definition) is 5. The van der Waals surface area contributed by atoms with Crippen molar-refractivity contribution < 1.29 is 19.1 Å². The van der Waals surface area contributed by atoms with Crippen LogP contribution in [-0.4, -0.2) is 32.7 Å². The number of carbonyl (C=O) groups is 2. The van der Waals surface area contributed by atoms with Crippen molar-refractivity contribution in [2.75, 3.05) is 20.8 Å². The van der Waals surface area contributed by atoms with Crippen molar-refractivity contribution in [3.8, 4) is 0 Å². The molecule has 0 radical (unpaired) electrons. The topological polar surface area (TPSA) is 64.6 Å². The van der Waals surface area contributed by atoms with Crippen molar-refractivity contribution in [3.05, 3.63) is 35.4 Å². The van der Waals surface area contributed by atoms with Crippen LogP contribution in [0.15, 0.2) is 24.3 Å². The molecule has 1 rings (SSSR count). The molecule has 0 aromatic heterocycles. The molecule has 1 N–H and O–H groups in total. The fourth-order valence-corrected chi connectivity index (χ4v) is 1.67. The molecule has 0 bridgehead atoms. The minimum Gasteiger partial charge on any atom is -0.469 e. The normalized spacial score (nSPS) is 10.0. The molecule has 5 nitrogen and oxygen atoms in total. The van der Waals surface area contributed by atoms with Gasteiger partial charge in [-0.1, -0.05) is 18.2 Å². The zero-order valence-electron chi connectivity index (χ0n) is 11.3. The van der Waals surface area contributed by atoms with E-state index in [0.29, 0.717) is 31.5 Å². The highest BCUT2D eigenvalue weighted by Crippen LogP contribution is 2.09. The summed E-state index contributed by atoms with van der Waals surface area (Å²) in [7, 11) is 2.74. The predicted molar refractivity (Wildman–Crippen MR) is 70.7 cm³/mol. The Morgan fingerprint density at radius 2 is 1.89 bits per heavy atom. The monoisotopic (exact) mass is 265 g/mol. The van der Waals surface area contributed by atoms with Crippen LogP contribution >= 0.6 is 0 Å². The molecule has 0 saturated carbocycles. The lowest BCUT2D eigenvalue weighted by Crippen LogP contribution is -2.18. The predicted octanol–water partition coefficient (Wildman–Crippen LogP) is 1.52. The van der Waals surface area contributed by atoms with Crippen molar-refractivity contribution in [2.45, 2.75) is 19.4 Å². The van der Waals surface area contributed by atoms with E-state index in [1.165, 1.54) is 14.2 Å². The highest BCUT2D eigenvalue weighted by molar-refractivity contribution is 5.90. The van der Waals surface area contributed by atoms with Gasteiger partial charge in [-0.25, -0.2) is 4.79 Å². The molecule has 0 aliphatic rings. The van der Waals surface area contributed by atoms with Crippen LogP contribution in [0, 0.1) is 0 Å². The Balaban J connectivity index is 2.41. The Bertz CT molecular complexity index is 431. The van der Waals surface area contributed by atoms with Crippen LogP contribution in [0.5, 0.6) is 0 Å². The van der Waals surface area contributed by atoms with Crippen LogP contribution in [0.25, 0.3) is 0 Å². The first-order valence-electron chi connectivity index (χ1n) is 6.12. The Morgan fingerprint density at radius 1 is 1.16 bits per heavy atom. The summed E-state index contributed by atoms with van der Waals surface area (Å²) in [5.41, 5.74) is 1.44. The number of esters is 2. The van der Waals surface area contributed by atoms with Gasteiger partial charge in [-0.2, -0.15) is 0 Å². The first-order valence-corrected chi connectivity index (χ1v) is 6.12. The lowest BCUT2D eigenvalue weighted by atomic mass is 10.1. The van der Waals surface area contributed by atoms with Gasteiger partial charge in [-0.05, 0) is 24.6 Å². The number of carbonyl (C=O) groups excluding carboxylic acids is 2. The quantitative estimate of drug-likeness (QED) is 0.598. The Morgan fingerprint density at radius 3 is 2.58 bits per heavy atom. The molecule has 104 valence electrons. The highest BCUT2D eigenvalue weighted by atomic mass is 16.5. The average Bonchev–Trinajstić information content (AvgIpc) is 2.46. The Hall–Kier alpha value is -1.88. The molecule has 0 saturated heterocycles. The standard InChI is InChI=1S/C14H19NO4/c1-18-13(16)8-5-9-15-10-11-6-3-4-7-12(11)14(17)19-2/h3-4,6-7,15H,5,8-10H2,1-2H3. The van der Waals surface area contributed by atoms with Crippen molar-refractivity contribution in [1.82, 2.24) is 5.32 Å². The number of methoxy groups -OCH3 is 2. The minimum absolute atomic E-state index is 0.211. The zero-order valence-corrected chi connectivity index (χ0v) is 11.3. The highest BCUT2D eigenvalue weighted by Gasteiger charge is 2.10. The average molecular weight is 265 g/mol. The number of ether oxygens (including phenoxy) is 2. The molecule has 0 spiro atoms. The molecule has 0 aliphatic carbocycles. The molecule has 5 heteroatoms. The lowest BCUT2D eigenvalue weighted by Gasteiger charge is -2.08. The number of rotatable bonds is 7. The van der Waals surface area contributed by atoms with Crippen LogP contribution in [-0.2, 0) is 20.8 Å². The van der Waals surface area contributed by atoms with Gasteiger partial charge < -0.3 is 14.8 Å². The van der Waals surface area contributed by atoms with E-state index in [0.717, 1.165) is 5.56 Å². The van der Waals surface area contributed by atoms with Crippen molar-refractivity contribution in [3.63, 3.8) is 0 Å². The van der Waals surface area contributed by atoms with Crippen LogP contribution in [0.3, 0.4) is 0 Å². The lowest BCUT2D eigenvalue weighted by molar-refractivity contribution is -0.140. The molecule has 0 heterocycles. The summed E-state index contributed by atoms with van der Waals surface area (Å²) in [6.07, 6.45) is 1.09. The van der Waals surface area contributed by atoms with Crippen LogP contribution < -0.4 is 5.32 Å². The second-order valence-electron chi connectivity index (χ2n) is 4.01. The van der Waals surface area contributed by atoms with Gasteiger partial charge in [0.25, 0.3) is 0 Å². The van der Waals surface area contributed by atoms with Crippen molar-refractivity contribution >= 4 is 11.9 Å². The molecular formula is C14H19NO4. The maximum Gasteiger partial charge on any atom is 0.338 e. The van der Waals surface area contributed by atoms with Crippen molar-refractivity contribution in [2.24, 2.45) is 0 Å². The second-order valence-corrected chi connectivity index (χ2v) is 4.01.